The molecule has 0 aliphatic carbocycles. The number of aliphatic imine (C=N–C) groups is 1. The molecule has 1 aromatic heterocycles. The fourth-order valence-corrected chi connectivity index (χ4v) is 3.19. The van der Waals surface area contributed by atoms with Crippen molar-refractivity contribution >= 4 is 35.8 Å². The molecule has 7 heteroatoms. The van der Waals surface area contributed by atoms with Crippen molar-refractivity contribution in [3.8, 4) is 0 Å². The second-order valence-corrected chi connectivity index (χ2v) is 7.02. The standard InChI is InChI=1S/C21H30N6.HI/c1-17(19-7-5-4-6-8-19)25-21(22-2)24-16-18-9-10-23-20(15-18)27-13-11-26(3)12-14-27;/h4-10,15,17H,11-14,16H2,1-3H3,(H2,22,24,25);1H. The van der Waals surface area contributed by atoms with Gasteiger partial charge in [0, 0.05) is 46.0 Å². The molecule has 0 bridgehead atoms. The summed E-state index contributed by atoms with van der Waals surface area (Å²) in [5.74, 6) is 1.85. The fraction of sp³-hybridized carbons (Fsp3) is 0.429. The van der Waals surface area contributed by atoms with Crippen LogP contribution in [0.1, 0.15) is 24.1 Å². The Labute approximate surface area is 185 Å². The lowest BCUT2D eigenvalue weighted by Gasteiger charge is -2.33. The van der Waals surface area contributed by atoms with Crippen molar-refractivity contribution in [1.82, 2.24) is 20.5 Å². The first-order valence-corrected chi connectivity index (χ1v) is 9.56. The molecule has 1 unspecified atom stereocenters. The molecule has 152 valence electrons. The Bertz CT molecular complexity index is 744. The molecule has 6 nitrogen and oxygen atoms in total. The van der Waals surface area contributed by atoms with E-state index in [1.165, 1.54) is 11.1 Å². The van der Waals surface area contributed by atoms with Crippen molar-refractivity contribution in [3.63, 3.8) is 0 Å². The summed E-state index contributed by atoms with van der Waals surface area (Å²) < 4.78 is 0. The van der Waals surface area contributed by atoms with E-state index in [1.54, 1.807) is 7.05 Å². The number of hydrogen-bond donors (Lipinski definition) is 2. The van der Waals surface area contributed by atoms with Crippen LogP contribution in [0.25, 0.3) is 0 Å². The summed E-state index contributed by atoms with van der Waals surface area (Å²) in [5, 5.41) is 6.85. The van der Waals surface area contributed by atoms with E-state index in [-0.39, 0.29) is 30.0 Å². The Kier molecular flexibility index (Phi) is 8.98. The highest BCUT2D eigenvalue weighted by molar-refractivity contribution is 14.0. The third kappa shape index (κ3) is 6.34. The molecule has 3 rings (SSSR count). The van der Waals surface area contributed by atoms with Gasteiger partial charge in [0.05, 0.1) is 6.04 Å². The van der Waals surface area contributed by atoms with Gasteiger partial charge in [-0.1, -0.05) is 30.3 Å². The van der Waals surface area contributed by atoms with Crippen LogP contribution in [0.3, 0.4) is 0 Å². The number of aromatic nitrogens is 1. The summed E-state index contributed by atoms with van der Waals surface area (Å²) in [6, 6.07) is 14.8. The number of guanidine groups is 1. The number of anilines is 1. The number of hydrogen-bond acceptors (Lipinski definition) is 4. The molecule has 2 heterocycles. The normalized spacial score (nSPS) is 16.2. The first kappa shape index (κ1) is 22.4. The van der Waals surface area contributed by atoms with E-state index in [1.807, 2.05) is 12.3 Å². The van der Waals surface area contributed by atoms with E-state index in [0.717, 1.165) is 38.0 Å². The third-order valence-electron chi connectivity index (χ3n) is 4.97. The van der Waals surface area contributed by atoms with Crippen LogP contribution in [0, 0.1) is 0 Å². The minimum atomic E-state index is 0. The predicted molar refractivity (Wildman–Crippen MR) is 128 cm³/mol. The number of nitrogens with one attached hydrogen (secondary N) is 2. The highest BCUT2D eigenvalue weighted by Gasteiger charge is 2.15. The monoisotopic (exact) mass is 494 g/mol. The lowest BCUT2D eigenvalue weighted by molar-refractivity contribution is 0.312. The highest BCUT2D eigenvalue weighted by atomic mass is 127. The molecular formula is C21H31IN6. The Hall–Kier alpha value is -1.87. The van der Waals surface area contributed by atoms with E-state index in [2.05, 4.69) is 80.8 Å². The van der Waals surface area contributed by atoms with Gasteiger partial charge in [0.15, 0.2) is 5.96 Å². The van der Waals surface area contributed by atoms with Gasteiger partial charge in [-0.3, -0.25) is 4.99 Å². The Morgan fingerprint density at radius 2 is 1.86 bits per heavy atom. The summed E-state index contributed by atoms with van der Waals surface area (Å²) in [7, 11) is 3.97. The van der Waals surface area contributed by atoms with Crippen molar-refractivity contribution < 1.29 is 0 Å². The molecule has 28 heavy (non-hydrogen) atoms. The lowest BCUT2D eigenvalue weighted by Crippen LogP contribution is -2.44. The van der Waals surface area contributed by atoms with Crippen molar-refractivity contribution in [2.45, 2.75) is 19.5 Å². The lowest BCUT2D eigenvalue weighted by atomic mass is 10.1. The second kappa shape index (κ2) is 11.2. The molecule has 1 saturated heterocycles. The molecular weight excluding hydrogens is 463 g/mol. The third-order valence-corrected chi connectivity index (χ3v) is 4.97. The quantitative estimate of drug-likeness (QED) is 0.381. The molecule has 2 aromatic rings. The summed E-state index contributed by atoms with van der Waals surface area (Å²) in [6.45, 7) is 7.07. The van der Waals surface area contributed by atoms with Gasteiger partial charge in [-0.25, -0.2) is 4.98 Å². The van der Waals surface area contributed by atoms with E-state index >= 15 is 0 Å². The molecule has 1 aliphatic rings. The molecule has 1 fully saturated rings. The van der Waals surface area contributed by atoms with Crippen LogP contribution in [0.2, 0.25) is 0 Å². The topological polar surface area (TPSA) is 55.8 Å². The number of rotatable bonds is 5. The number of pyridine rings is 1. The minimum Gasteiger partial charge on any atom is -0.354 e. The van der Waals surface area contributed by atoms with Crippen molar-refractivity contribution in [1.29, 1.82) is 0 Å². The second-order valence-electron chi connectivity index (χ2n) is 7.02. The zero-order valence-corrected chi connectivity index (χ0v) is 19.3. The zero-order chi connectivity index (χ0) is 19.1. The summed E-state index contributed by atoms with van der Waals surface area (Å²) in [4.78, 5) is 13.6. The van der Waals surface area contributed by atoms with Crippen molar-refractivity contribution in [2.24, 2.45) is 4.99 Å². The first-order valence-electron chi connectivity index (χ1n) is 9.56. The smallest absolute Gasteiger partial charge is 0.191 e. The van der Waals surface area contributed by atoms with Crippen LogP contribution in [-0.4, -0.2) is 56.1 Å². The molecule has 1 aromatic carbocycles. The van der Waals surface area contributed by atoms with Crippen molar-refractivity contribution in [3.05, 3.63) is 59.8 Å². The van der Waals surface area contributed by atoms with Gasteiger partial charge in [0.2, 0.25) is 0 Å². The molecule has 1 aliphatic heterocycles. The number of benzene rings is 1. The zero-order valence-electron chi connectivity index (χ0n) is 16.9. The first-order chi connectivity index (χ1) is 13.2. The summed E-state index contributed by atoms with van der Waals surface area (Å²) >= 11 is 0. The van der Waals surface area contributed by atoms with Gasteiger partial charge in [-0.05, 0) is 37.2 Å². The van der Waals surface area contributed by atoms with Crippen LogP contribution < -0.4 is 15.5 Å². The number of likely N-dealkylation sites (N-methyl/N-ethyl adjacent to an activating group) is 1. The molecule has 1 atom stereocenters. The maximum absolute atomic E-state index is 4.56. The molecule has 0 saturated carbocycles. The van der Waals surface area contributed by atoms with Gasteiger partial charge < -0.3 is 20.4 Å². The minimum absolute atomic E-state index is 0. The number of piperazine rings is 1. The van der Waals surface area contributed by atoms with E-state index in [4.69, 9.17) is 0 Å². The SMILES string of the molecule is CN=C(NCc1ccnc(N2CCN(C)CC2)c1)NC(C)c1ccccc1.I. The van der Waals surface area contributed by atoms with E-state index < -0.39 is 0 Å². The summed E-state index contributed by atoms with van der Waals surface area (Å²) in [5.41, 5.74) is 2.44. The average Bonchev–Trinajstić information content (AvgIpc) is 2.72. The average molecular weight is 494 g/mol. The van der Waals surface area contributed by atoms with Gasteiger partial charge in [0.1, 0.15) is 5.82 Å². The maximum Gasteiger partial charge on any atom is 0.191 e. The van der Waals surface area contributed by atoms with Crippen LogP contribution in [0.15, 0.2) is 53.7 Å². The Balaban J connectivity index is 0.00000280. The van der Waals surface area contributed by atoms with Crippen LogP contribution in [0.4, 0.5) is 5.82 Å². The van der Waals surface area contributed by atoms with E-state index in [0.29, 0.717) is 6.54 Å². The van der Waals surface area contributed by atoms with Crippen LogP contribution in [-0.2, 0) is 6.54 Å². The Morgan fingerprint density at radius 1 is 1.14 bits per heavy atom. The van der Waals surface area contributed by atoms with Gasteiger partial charge >= 0.3 is 0 Å². The molecule has 0 amide bonds. The fourth-order valence-electron chi connectivity index (χ4n) is 3.19. The van der Waals surface area contributed by atoms with Gasteiger partial charge in [-0.15, -0.1) is 24.0 Å². The highest BCUT2D eigenvalue weighted by Crippen LogP contribution is 2.15. The molecule has 2 N–H and O–H groups in total. The summed E-state index contributed by atoms with van der Waals surface area (Å²) in [6.07, 6.45) is 1.90. The number of nitrogens with zero attached hydrogens (tertiary/aromatic N) is 4. The largest absolute Gasteiger partial charge is 0.354 e. The molecule has 0 radical (unpaired) electrons. The van der Waals surface area contributed by atoms with Gasteiger partial charge in [-0.2, -0.15) is 0 Å². The van der Waals surface area contributed by atoms with E-state index in [9.17, 15) is 0 Å². The number of halogens is 1. The Morgan fingerprint density at radius 3 is 2.54 bits per heavy atom. The predicted octanol–water partition coefficient (Wildman–Crippen LogP) is 2.88. The maximum atomic E-state index is 4.56. The van der Waals surface area contributed by atoms with Crippen molar-refractivity contribution in [2.75, 3.05) is 45.2 Å². The molecule has 0 spiro atoms. The van der Waals surface area contributed by atoms with Gasteiger partial charge in [0.25, 0.3) is 0 Å². The van der Waals surface area contributed by atoms with Crippen LogP contribution in [0.5, 0.6) is 0 Å². The van der Waals surface area contributed by atoms with Crippen LogP contribution >= 0.6 is 24.0 Å².